The molecule has 0 bridgehead atoms. The number of rotatable bonds is 21. The molecule has 0 fully saturated rings. The number of carbonyl (C=O) groups excluding carboxylic acids is 3. The SMILES string of the molecule is CNC(CC(=O)O)CC(=O)NCCOCCOCC(=O)NCCOCCOCC(C)=O. The summed E-state index contributed by atoms with van der Waals surface area (Å²) in [5, 5.41) is 16.8. The Kier molecular flexibility index (Phi) is 18.5. The molecule has 0 spiro atoms. The van der Waals surface area contributed by atoms with Crippen LogP contribution in [-0.4, -0.2) is 108 Å². The van der Waals surface area contributed by atoms with E-state index < -0.39 is 12.0 Å². The molecule has 0 aromatic rings. The van der Waals surface area contributed by atoms with Crippen molar-refractivity contribution in [2.75, 3.05) is 73.0 Å². The van der Waals surface area contributed by atoms with Crippen LogP contribution < -0.4 is 16.0 Å². The van der Waals surface area contributed by atoms with Gasteiger partial charge in [-0.05, 0) is 14.0 Å². The lowest BCUT2D eigenvalue weighted by Gasteiger charge is -2.13. The molecule has 1 unspecified atom stereocenters. The van der Waals surface area contributed by atoms with Crippen molar-refractivity contribution >= 4 is 23.6 Å². The molecule has 2 amide bonds. The van der Waals surface area contributed by atoms with E-state index in [0.717, 1.165) is 0 Å². The minimum atomic E-state index is -0.968. The van der Waals surface area contributed by atoms with Crippen LogP contribution in [0.25, 0.3) is 0 Å². The number of carboxylic acid groups (broad SMARTS) is 1. The summed E-state index contributed by atoms with van der Waals surface area (Å²) >= 11 is 0. The normalized spacial score (nSPS) is 11.7. The highest BCUT2D eigenvalue weighted by Gasteiger charge is 2.14. The molecule has 0 aliphatic heterocycles. The number of Topliss-reactive ketones (excluding diaryl/α,β-unsaturated/α-hetero) is 1. The zero-order chi connectivity index (χ0) is 23.3. The first-order valence-electron chi connectivity index (χ1n) is 10.1. The maximum atomic E-state index is 11.7. The van der Waals surface area contributed by atoms with Gasteiger partial charge in [-0.3, -0.25) is 19.2 Å². The quantitative estimate of drug-likeness (QED) is 0.149. The standard InChI is InChI=1S/C19H35N3O9/c1-15(23)13-30-9-7-29-6-4-22-18(25)14-31-10-8-28-5-3-21-17(24)11-16(20-2)12-19(26)27/h16,20H,3-14H2,1-2H3,(H,21,24)(H,22,25)(H,26,27). The van der Waals surface area contributed by atoms with E-state index in [4.69, 9.17) is 24.1 Å². The molecule has 0 heterocycles. The first-order chi connectivity index (χ1) is 14.8. The highest BCUT2D eigenvalue weighted by atomic mass is 16.5. The molecular formula is C19H35N3O9. The van der Waals surface area contributed by atoms with E-state index in [1.807, 2.05) is 0 Å². The highest BCUT2D eigenvalue weighted by Crippen LogP contribution is 1.97. The summed E-state index contributed by atoms with van der Waals surface area (Å²) in [7, 11) is 1.61. The Labute approximate surface area is 182 Å². The van der Waals surface area contributed by atoms with Gasteiger partial charge in [0.25, 0.3) is 0 Å². The third-order valence-electron chi connectivity index (χ3n) is 3.68. The monoisotopic (exact) mass is 449 g/mol. The van der Waals surface area contributed by atoms with E-state index in [0.29, 0.717) is 32.9 Å². The molecule has 0 rings (SSSR count). The fourth-order valence-corrected chi connectivity index (χ4v) is 2.18. The Morgan fingerprint density at radius 3 is 1.77 bits per heavy atom. The molecule has 0 aliphatic rings. The van der Waals surface area contributed by atoms with Crippen LogP contribution in [0.1, 0.15) is 19.8 Å². The second kappa shape index (κ2) is 19.8. The van der Waals surface area contributed by atoms with Crippen molar-refractivity contribution in [1.82, 2.24) is 16.0 Å². The van der Waals surface area contributed by atoms with Crippen LogP contribution >= 0.6 is 0 Å². The molecule has 0 aromatic heterocycles. The first-order valence-corrected chi connectivity index (χ1v) is 10.1. The smallest absolute Gasteiger partial charge is 0.304 e. The third-order valence-corrected chi connectivity index (χ3v) is 3.68. The molecule has 0 aliphatic carbocycles. The topological polar surface area (TPSA) is 162 Å². The average molecular weight is 450 g/mol. The Bertz CT molecular complexity index is 532. The Morgan fingerprint density at radius 2 is 1.26 bits per heavy atom. The van der Waals surface area contributed by atoms with Gasteiger partial charge < -0.3 is 40.0 Å². The van der Waals surface area contributed by atoms with Crippen LogP contribution in [-0.2, 0) is 38.1 Å². The number of amides is 2. The lowest BCUT2D eigenvalue weighted by atomic mass is 10.1. The van der Waals surface area contributed by atoms with E-state index in [1.165, 1.54) is 6.92 Å². The van der Waals surface area contributed by atoms with Crippen LogP contribution in [0.2, 0.25) is 0 Å². The Morgan fingerprint density at radius 1 is 0.742 bits per heavy atom. The maximum absolute atomic E-state index is 11.7. The number of hydrogen-bond acceptors (Lipinski definition) is 9. The van der Waals surface area contributed by atoms with Crippen LogP contribution in [0, 0.1) is 0 Å². The lowest BCUT2D eigenvalue weighted by molar-refractivity contribution is -0.137. The van der Waals surface area contributed by atoms with Crippen molar-refractivity contribution < 1.29 is 43.2 Å². The van der Waals surface area contributed by atoms with Gasteiger partial charge in [0.1, 0.15) is 13.2 Å². The van der Waals surface area contributed by atoms with E-state index in [9.17, 15) is 19.2 Å². The summed E-state index contributed by atoms with van der Waals surface area (Å²) in [6, 6.07) is -0.420. The van der Waals surface area contributed by atoms with E-state index in [2.05, 4.69) is 16.0 Å². The molecule has 0 radical (unpaired) electrons. The predicted octanol–water partition coefficient (Wildman–Crippen LogP) is -1.67. The second-order valence-electron chi connectivity index (χ2n) is 6.52. The van der Waals surface area contributed by atoms with Crippen molar-refractivity contribution in [3.05, 3.63) is 0 Å². The molecule has 0 aromatic carbocycles. The summed E-state index contributed by atoms with van der Waals surface area (Å²) in [4.78, 5) is 44.6. The molecule has 31 heavy (non-hydrogen) atoms. The number of aliphatic carboxylic acids is 1. The van der Waals surface area contributed by atoms with Gasteiger partial charge in [0.2, 0.25) is 11.8 Å². The van der Waals surface area contributed by atoms with Crippen molar-refractivity contribution in [3.63, 3.8) is 0 Å². The minimum Gasteiger partial charge on any atom is -0.481 e. The number of ether oxygens (including phenoxy) is 4. The van der Waals surface area contributed by atoms with Gasteiger partial charge in [-0.1, -0.05) is 0 Å². The third kappa shape index (κ3) is 20.9. The first kappa shape index (κ1) is 28.9. The van der Waals surface area contributed by atoms with E-state index in [1.54, 1.807) is 7.05 Å². The second-order valence-corrected chi connectivity index (χ2v) is 6.52. The molecule has 0 saturated carbocycles. The summed E-state index contributed by atoms with van der Waals surface area (Å²) in [5.41, 5.74) is 0. The number of hydrogen-bond donors (Lipinski definition) is 4. The van der Waals surface area contributed by atoms with Crippen LogP contribution in [0.5, 0.6) is 0 Å². The van der Waals surface area contributed by atoms with Gasteiger partial charge in [-0.15, -0.1) is 0 Å². The molecular weight excluding hydrogens is 414 g/mol. The van der Waals surface area contributed by atoms with Gasteiger partial charge >= 0.3 is 5.97 Å². The number of ketones is 1. The van der Waals surface area contributed by atoms with Crippen molar-refractivity contribution in [2.45, 2.75) is 25.8 Å². The summed E-state index contributed by atoms with van der Waals surface area (Å²) in [5.74, 6) is -1.55. The molecule has 0 saturated heterocycles. The molecule has 12 heteroatoms. The van der Waals surface area contributed by atoms with E-state index in [-0.39, 0.29) is 63.5 Å². The van der Waals surface area contributed by atoms with Gasteiger partial charge in [0.05, 0.1) is 46.1 Å². The van der Waals surface area contributed by atoms with Crippen LogP contribution in [0.4, 0.5) is 0 Å². The zero-order valence-electron chi connectivity index (χ0n) is 18.3. The maximum Gasteiger partial charge on any atom is 0.304 e. The number of carbonyl (C=O) groups is 4. The molecule has 180 valence electrons. The molecule has 1 atom stereocenters. The Balaban J connectivity index is 3.44. The van der Waals surface area contributed by atoms with E-state index >= 15 is 0 Å². The van der Waals surface area contributed by atoms with Gasteiger partial charge in [-0.25, -0.2) is 0 Å². The molecule has 4 N–H and O–H groups in total. The number of carboxylic acids is 1. The summed E-state index contributed by atoms with van der Waals surface area (Å²) < 4.78 is 20.7. The average Bonchev–Trinajstić information content (AvgIpc) is 2.70. The van der Waals surface area contributed by atoms with Crippen LogP contribution in [0.3, 0.4) is 0 Å². The highest BCUT2D eigenvalue weighted by molar-refractivity contribution is 5.78. The predicted molar refractivity (Wildman–Crippen MR) is 110 cm³/mol. The van der Waals surface area contributed by atoms with Gasteiger partial charge in [0.15, 0.2) is 5.78 Å². The zero-order valence-corrected chi connectivity index (χ0v) is 18.3. The minimum absolute atomic E-state index is 0.0442. The fourth-order valence-electron chi connectivity index (χ4n) is 2.18. The van der Waals surface area contributed by atoms with Crippen molar-refractivity contribution in [3.8, 4) is 0 Å². The lowest BCUT2D eigenvalue weighted by Crippen LogP contribution is -2.36. The van der Waals surface area contributed by atoms with Crippen LogP contribution in [0.15, 0.2) is 0 Å². The summed E-state index contributed by atoms with van der Waals surface area (Å²) in [6.07, 6.45) is -0.0603. The van der Waals surface area contributed by atoms with Gasteiger partial charge in [0, 0.05) is 25.6 Å². The Hall–Kier alpha value is -2.12. The summed E-state index contributed by atoms with van der Waals surface area (Å²) in [6.45, 7) is 3.81. The van der Waals surface area contributed by atoms with Crippen molar-refractivity contribution in [2.24, 2.45) is 0 Å². The fraction of sp³-hybridized carbons (Fsp3) is 0.789. The largest absolute Gasteiger partial charge is 0.481 e. The molecule has 12 nitrogen and oxygen atoms in total. The number of nitrogens with one attached hydrogen (secondary N) is 3. The van der Waals surface area contributed by atoms with Crippen molar-refractivity contribution in [1.29, 1.82) is 0 Å². The van der Waals surface area contributed by atoms with Gasteiger partial charge in [-0.2, -0.15) is 0 Å².